The summed E-state index contributed by atoms with van der Waals surface area (Å²) >= 11 is 0. The van der Waals surface area contributed by atoms with Crippen LogP contribution < -0.4 is 22.1 Å². The zero-order chi connectivity index (χ0) is 20.7. The first-order valence-electron chi connectivity index (χ1n) is 10.1. The second-order valence-corrected chi connectivity index (χ2v) is 8.12. The maximum absolute atomic E-state index is 12.6. The SMILES string of the molecule is CC(=O)NC(CC1CCC(NC(=O)C2CCCC(N=C(N)N)C2)CC1)C(=O)O. The highest BCUT2D eigenvalue weighted by Crippen LogP contribution is 2.30. The number of hydrogen-bond donors (Lipinski definition) is 5. The molecule has 3 unspecified atom stereocenters. The highest BCUT2D eigenvalue weighted by molar-refractivity contribution is 5.82. The number of amides is 2. The fourth-order valence-corrected chi connectivity index (χ4v) is 4.39. The monoisotopic (exact) mass is 395 g/mol. The number of rotatable bonds is 7. The van der Waals surface area contributed by atoms with E-state index >= 15 is 0 Å². The number of nitrogens with one attached hydrogen (secondary N) is 2. The lowest BCUT2D eigenvalue weighted by Gasteiger charge is -2.32. The average molecular weight is 396 g/mol. The molecule has 2 rings (SSSR count). The molecule has 0 heterocycles. The number of aliphatic imine (C=N–C) groups is 1. The van der Waals surface area contributed by atoms with Crippen LogP contribution in [0.4, 0.5) is 0 Å². The van der Waals surface area contributed by atoms with Gasteiger partial charge in [-0.05, 0) is 57.3 Å². The van der Waals surface area contributed by atoms with E-state index in [0.29, 0.717) is 12.8 Å². The first kappa shape index (κ1) is 22.0. The van der Waals surface area contributed by atoms with E-state index in [-0.39, 0.29) is 41.7 Å². The van der Waals surface area contributed by atoms with Crippen molar-refractivity contribution in [3.05, 3.63) is 0 Å². The van der Waals surface area contributed by atoms with Gasteiger partial charge in [-0.1, -0.05) is 6.42 Å². The van der Waals surface area contributed by atoms with Crippen LogP contribution in [-0.2, 0) is 14.4 Å². The Morgan fingerprint density at radius 1 is 1.11 bits per heavy atom. The molecule has 2 aliphatic carbocycles. The van der Waals surface area contributed by atoms with E-state index in [1.807, 2.05) is 0 Å². The first-order valence-corrected chi connectivity index (χ1v) is 10.1. The van der Waals surface area contributed by atoms with Gasteiger partial charge in [0, 0.05) is 18.9 Å². The van der Waals surface area contributed by atoms with E-state index in [1.165, 1.54) is 6.92 Å². The van der Waals surface area contributed by atoms with Gasteiger partial charge in [-0.25, -0.2) is 4.79 Å². The fraction of sp³-hybridized carbons (Fsp3) is 0.789. The van der Waals surface area contributed by atoms with E-state index in [1.54, 1.807) is 0 Å². The maximum atomic E-state index is 12.6. The van der Waals surface area contributed by atoms with Crippen molar-refractivity contribution >= 4 is 23.7 Å². The minimum atomic E-state index is -1.00. The Morgan fingerprint density at radius 3 is 2.36 bits per heavy atom. The smallest absolute Gasteiger partial charge is 0.326 e. The van der Waals surface area contributed by atoms with Gasteiger partial charge in [-0.2, -0.15) is 0 Å². The Labute approximate surface area is 165 Å². The molecule has 9 heteroatoms. The lowest BCUT2D eigenvalue weighted by atomic mass is 9.81. The highest BCUT2D eigenvalue weighted by Gasteiger charge is 2.31. The number of hydrogen-bond acceptors (Lipinski definition) is 4. The maximum Gasteiger partial charge on any atom is 0.326 e. The third-order valence-electron chi connectivity index (χ3n) is 5.79. The predicted octanol–water partition coefficient (Wildman–Crippen LogP) is 0.473. The van der Waals surface area contributed by atoms with Crippen LogP contribution in [0, 0.1) is 11.8 Å². The summed E-state index contributed by atoms with van der Waals surface area (Å²) in [6.07, 6.45) is 7.14. The molecule has 9 nitrogen and oxygen atoms in total. The Hall–Kier alpha value is -2.32. The highest BCUT2D eigenvalue weighted by atomic mass is 16.4. The Morgan fingerprint density at radius 2 is 1.79 bits per heavy atom. The summed E-state index contributed by atoms with van der Waals surface area (Å²) in [5, 5.41) is 14.9. The summed E-state index contributed by atoms with van der Waals surface area (Å²) < 4.78 is 0. The van der Waals surface area contributed by atoms with Crippen molar-refractivity contribution in [2.75, 3.05) is 0 Å². The van der Waals surface area contributed by atoms with Crippen molar-refractivity contribution < 1.29 is 19.5 Å². The number of aliphatic carboxylic acids is 1. The number of carboxylic acid groups (broad SMARTS) is 1. The van der Waals surface area contributed by atoms with E-state index in [0.717, 1.165) is 44.9 Å². The molecule has 0 aromatic carbocycles. The minimum Gasteiger partial charge on any atom is -0.480 e. The summed E-state index contributed by atoms with van der Waals surface area (Å²) in [6.45, 7) is 1.32. The molecular weight excluding hydrogens is 362 g/mol. The number of carboxylic acids is 1. The summed E-state index contributed by atoms with van der Waals surface area (Å²) in [6, 6.07) is -0.702. The quantitative estimate of drug-likeness (QED) is 0.311. The largest absolute Gasteiger partial charge is 0.480 e. The average Bonchev–Trinajstić information content (AvgIpc) is 2.62. The van der Waals surface area contributed by atoms with Crippen molar-refractivity contribution in [3.8, 4) is 0 Å². The molecule has 2 fully saturated rings. The molecule has 0 aliphatic heterocycles. The van der Waals surface area contributed by atoms with Crippen LogP contribution in [0.5, 0.6) is 0 Å². The van der Waals surface area contributed by atoms with Crippen LogP contribution >= 0.6 is 0 Å². The number of guanidine groups is 1. The molecule has 7 N–H and O–H groups in total. The van der Waals surface area contributed by atoms with Gasteiger partial charge >= 0.3 is 5.97 Å². The van der Waals surface area contributed by atoms with Gasteiger partial charge in [0.15, 0.2) is 5.96 Å². The summed E-state index contributed by atoms with van der Waals surface area (Å²) in [4.78, 5) is 39.3. The first-order chi connectivity index (χ1) is 13.2. The molecule has 158 valence electrons. The fourth-order valence-electron chi connectivity index (χ4n) is 4.39. The van der Waals surface area contributed by atoms with Crippen molar-refractivity contribution in [3.63, 3.8) is 0 Å². The second-order valence-electron chi connectivity index (χ2n) is 8.12. The third kappa shape index (κ3) is 7.01. The predicted molar refractivity (Wildman–Crippen MR) is 105 cm³/mol. The number of carbonyl (C=O) groups is 3. The third-order valence-corrected chi connectivity index (χ3v) is 5.79. The zero-order valence-corrected chi connectivity index (χ0v) is 16.5. The molecule has 2 saturated carbocycles. The lowest BCUT2D eigenvalue weighted by Crippen LogP contribution is -2.44. The van der Waals surface area contributed by atoms with Gasteiger partial charge in [-0.3, -0.25) is 14.6 Å². The second kappa shape index (κ2) is 10.3. The Balaban J connectivity index is 1.77. The normalized spacial score (nSPS) is 28.6. The number of carbonyl (C=O) groups excluding carboxylic acids is 2. The van der Waals surface area contributed by atoms with Crippen LogP contribution in [0.15, 0.2) is 4.99 Å². The number of nitrogens with zero attached hydrogens (tertiary/aromatic N) is 1. The van der Waals surface area contributed by atoms with Gasteiger partial charge < -0.3 is 27.2 Å². The minimum absolute atomic E-state index is 0.0203. The topological polar surface area (TPSA) is 160 Å². The van der Waals surface area contributed by atoms with Crippen LogP contribution in [0.25, 0.3) is 0 Å². The van der Waals surface area contributed by atoms with Crippen molar-refractivity contribution in [2.24, 2.45) is 28.3 Å². The Kier molecular flexibility index (Phi) is 8.07. The molecule has 3 atom stereocenters. The van der Waals surface area contributed by atoms with Crippen LogP contribution in [0.2, 0.25) is 0 Å². The van der Waals surface area contributed by atoms with E-state index in [4.69, 9.17) is 11.5 Å². The van der Waals surface area contributed by atoms with E-state index in [2.05, 4.69) is 15.6 Å². The van der Waals surface area contributed by atoms with Crippen LogP contribution in [-0.4, -0.2) is 47.0 Å². The van der Waals surface area contributed by atoms with Gasteiger partial charge in [0.05, 0.1) is 6.04 Å². The molecule has 0 radical (unpaired) electrons. The van der Waals surface area contributed by atoms with Crippen LogP contribution in [0.1, 0.15) is 64.7 Å². The zero-order valence-electron chi connectivity index (χ0n) is 16.5. The van der Waals surface area contributed by atoms with E-state index in [9.17, 15) is 19.5 Å². The molecule has 2 amide bonds. The lowest BCUT2D eigenvalue weighted by molar-refractivity contribution is -0.142. The molecule has 0 aromatic rings. The summed E-state index contributed by atoms with van der Waals surface area (Å²) in [7, 11) is 0. The van der Waals surface area contributed by atoms with Crippen LogP contribution in [0.3, 0.4) is 0 Å². The molecule has 28 heavy (non-hydrogen) atoms. The standard InChI is InChI=1S/C19H33N5O4/c1-11(25)22-16(18(27)28)9-12-5-7-14(8-6-12)23-17(26)13-3-2-4-15(10-13)24-19(20)21/h12-16H,2-10H2,1H3,(H,22,25)(H,23,26)(H,27,28)(H4,20,21,24). The van der Waals surface area contributed by atoms with Gasteiger partial charge in [-0.15, -0.1) is 0 Å². The molecule has 0 bridgehead atoms. The molecule has 0 saturated heterocycles. The molecular formula is C19H33N5O4. The van der Waals surface area contributed by atoms with Crippen molar-refractivity contribution in [1.29, 1.82) is 0 Å². The van der Waals surface area contributed by atoms with Gasteiger partial charge in [0.25, 0.3) is 0 Å². The number of nitrogens with two attached hydrogens (primary N) is 2. The molecule has 2 aliphatic rings. The van der Waals surface area contributed by atoms with E-state index < -0.39 is 12.0 Å². The summed E-state index contributed by atoms with van der Waals surface area (Å²) in [5.41, 5.74) is 10.9. The Bertz CT molecular complexity index is 597. The molecule has 0 spiro atoms. The van der Waals surface area contributed by atoms with Gasteiger partial charge in [0.2, 0.25) is 11.8 Å². The van der Waals surface area contributed by atoms with Crippen molar-refractivity contribution in [2.45, 2.75) is 82.8 Å². The summed E-state index contributed by atoms with van der Waals surface area (Å²) in [5.74, 6) is -1.01. The molecule has 0 aromatic heterocycles. The van der Waals surface area contributed by atoms with Gasteiger partial charge in [0.1, 0.15) is 6.04 Å². The van der Waals surface area contributed by atoms with Crippen molar-refractivity contribution in [1.82, 2.24) is 10.6 Å².